The van der Waals surface area contributed by atoms with Crippen molar-refractivity contribution in [2.45, 2.75) is 50.5 Å². The van der Waals surface area contributed by atoms with Gasteiger partial charge in [-0.1, -0.05) is 12.8 Å². The second-order valence-corrected chi connectivity index (χ2v) is 5.89. The number of carbonyl (C=O) groups excluding carboxylic acids is 1. The standard InChI is InChI=1S/C14H22O3/c15-13-4-7-16-10-12(13)11-3-8-17-14(9-11)5-1-2-6-14/h11-12H,1-10H2. The molecule has 3 heteroatoms. The van der Waals surface area contributed by atoms with E-state index in [0.717, 1.165) is 19.4 Å². The van der Waals surface area contributed by atoms with Gasteiger partial charge in [0, 0.05) is 18.9 Å². The van der Waals surface area contributed by atoms with Crippen molar-refractivity contribution < 1.29 is 14.3 Å². The molecule has 3 nitrogen and oxygen atoms in total. The normalized spacial score (nSPS) is 37.5. The van der Waals surface area contributed by atoms with Crippen molar-refractivity contribution >= 4 is 5.78 Å². The second kappa shape index (κ2) is 4.69. The van der Waals surface area contributed by atoms with Gasteiger partial charge in [0.25, 0.3) is 0 Å². The van der Waals surface area contributed by atoms with Crippen LogP contribution in [0, 0.1) is 11.8 Å². The lowest BCUT2D eigenvalue weighted by molar-refractivity contribution is -0.143. The van der Waals surface area contributed by atoms with Gasteiger partial charge in [-0.25, -0.2) is 0 Å². The van der Waals surface area contributed by atoms with Crippen LogP contribution in [0.25, 0.3) is 0 Å². The monoisotopic (exact) mass is 238 g/mol. The molecule has 2 atom stereocenters. The topological polar surface area (TPSA) is 35.5 Å². The first-order valence-electron chi connectivity index (χ1n) is 7.04. The summed E-state index contributed by atoms with van der Waals surface area (Å²) in [6.07, 6.45) is 7.74. The summed E-state index contributed by atoms with van der Waals surface area (Å²) in [5.74, 6) is 1.09. The summed E-state index contributed by atoms with van der Waals surface area (Å²) in [5, 5.41) is 0. The van der Waals surface area contributed by atoms with Gasteiger partial charge in [0.2, 0.25) is 0 Å². The lowest BCUT2D eigenvalue weighted by Gasteiger charge is -2.41. The Labute approximate surface area is 103 Å². The van der Waals surface area contributed by atoms with E-state index in [0.29, 0.717) is 31.3 Å². The molecule has 0 N–H and O–H groups in total. The van der Waals surface area contributed by atoms with Crippen LogP contribution in [-0.2, 0) is 14.3 Å². The van der Waals surface area contributed by atoms with E-state index in [-0.39, 0.29) is 11.5 Å². The molecule has 0 aromatic carbocycles. The number of hydrogen-bond donors (Lipinski definition) is 0. The Morgan fingerprint density at radius 2 is 2.00 bits per heavy atom. The first-order chi connectivity index (χ1) is 8.29. The molecule has 2 saturated heterocycles. The van der Waals surface area contributed by atoms with Crippen LogP contribution in [-0.4, -0.2) is 31.2 Å². The van der Waals surface area contributed by atoms with Gasteiger partial charge in [-0.05, 0) is 31.6 Å². The Balaban J connectivity index is 1.68. The van der Waals surface area contributed by atoms with Crippen LogP contribution in [0.4, 0.5) is 0 Å². The smallest absolute Gasteiger partial charge is 0.140 e. The zero-order chi connectivity index (χ0) is 11.7. The fourth-order valence-electron chi connectivity index (χ4n) is 3.84. The highest BCUT2D eigenvalue weighted by molar-refractivity contribution is 5.82. The number of rotatable bonds is 1. The molecule has 0 radical (unpaired) electrons. The highest BCUT2D eigenvalue weighted by atomic mass is 16.5. The van der Waals surface area contributed by atoms with Gasteiger partial charge in [0.05, 0.1) is 18.8 Å². The zero-order valence-corrected chi connectivity index (χ0v) is 10.5. The van der Waals surface area contributed by atoms with E-state index in [4.69, 9.17) is 9.47 Å². The molecule has 2 aliphatic heterocycles. The van der Waals surface area contributed by atoms with Gasteiger partial charge in [-0.3, -0.25) is 4.79 Å². The summed E-state index contributed by atoms with van der Waals surface area (Å²) >= 11 is 0. The minimum atomic E-state index is 0.126. The summed E-state index contributed by atoms with van der Waals surface area (Å²) in [6, 6.07) is 0. The maximum Gasteiger partial charge on any atom is 0.140 e. The molecule has 3 aliphatic rings. The quantitative estimate of drug-likeness (QED) is 0.703. The predicted molar refractivity (Wildman–Crippen MR) is 63.8 cm³/mol. The number of Topliss-reactive ketones (excluding diaryl/α,β-unsaturated/α-hetero) is 1. The number of hydrogen-bond acceptors (Lipinski definition) is 3. The first-order valence-corrected chi connectivity index (χ1v) is 7.04. The van der Waals surface area contributed by atoms with Gasteiger partial charge in [-0.15, -0.1) is 0 Å². The van der Waals surface area contributed by atoms with E-state index in [9.17, 15) is 4.79 Å². The number of carbonyl (C=O) groups is 1. The summed E-state index contributed by atoms with van der Waals surface area (Å²) in [4.78, 5) is 12.0. The first kappa shape index (κ1) is 11.7. The fraction of sp³-hybridized carbons (Fsp3) is 0.929. The molecule has 0 aromatic rings. The molecule has 0 aromatic heterocycles. The van der Waals surface area contributed by atoms with Gasteiger partial charge >= 0.3 is 0 Å². The van der Waals surface area contributed by atoms with Crippen molar-refractivity contribution in [3.8, 4) is 0 Å². The Morgan fingerprint density at radius 1 is 1.18 bits per heavy atom. The van der Waals surface area contributed by atoms with E-state index in [1.54, 1.807) is 0 Å². The third-order valence-electron chi connectivity index (χ3n) is 4.82. The molecule has 1 spiro atoms. The van der Waals surface area contributed by atoms with Crippen molar-refractivity contribution in [1.29, 1.82) is 0 Å². The highest BCUT2D eigenvalue weighted by Gasteiger charge is 2.43. The molecule has 17 heavy (non-hydrogen) atoms. The van der Waals surface area contributed by atoms with Crippen LogP contribution in [0.3, 0.4) is 0 Å². The molecule has 3 fully saturated rings. The lowest BCUT2D eigenvalue weighted by atomic mass is 9.75. The van der Waals surface area contributed by atoms with Gasteiger partial charge in [0.1, 0.15) is 5.78 Å². The third kappa shape index (κ3) is 2.27. The number of ether oxygens (including phenoxy) is 2. The molecule has 96 valence electrons. The average Bonchev–Trinajstić information content (AvgIpc) is 2.78. The van der Waals surface area contributed by atoms with Crippen molar-refractivity contribution in [2.24, 2.45) is 11.8 Å². The average molecular weight is 238 g/mol. The predicted octanol–water partition coefficient (Wildman–Crippen LogP) is 2.33. The van der Waals surface area contributed by atoms with E-state index in [1.165, 1.54) is 25.7 Å². The maximum absolute atomic E-state index is 12.0. The molecule has 0 amide bonds. The molecule has 1 saturated carbocycles. The highest BCUT2D eigenvalue weighted by Crippen LogP contribution is 2.44. The van der Waals surface area contributed by atoms with Crippen LogP contribution < -0.4 is 0 Å². The second-order valence-electron chi connectivity index (χ2n) is 5.89. The van der Waals surface area contributed by atoms with E-state index < -0.39 is 0 Å². The van der Waals surface area contributed by atoms with Gasteiger partial charge < -0.3 is 9.47 Å². The Kier molecular flexibility index (Phi) is 3.22. The third-order valence-corrected chi connectivity index (χ3v) is 4.82. The van der Waals surface area contributed by atoms with Crippen LogP contribution >= 0.6 is 0 Å². The summed E-state index contributed by atoms with van der Waals surface area (Å²) in [6.45, 7) is 2.12. The van der Waals surface area contributed by atoms with E-state index in [1.807, 2.05) is 0 Å². The van der Waals surface area contributed by atoms with Gasteiger partial charge in [0.15, 0.2) is 0 Å². The van der Waals surface area contributed by atoms with Crippen molar-refractivity contribution in [2.75, 3.05) is 19.8 Å². The van der Waals surface area contributed by atoms with Gasteiger partial charge in [-0.2, -0.15) is 0 Å². The molecule has 2 unspecified atom stereocenters. The molecule has 3 rings (SSSR count). The summed E-state index contributed by atoms with van der Waals surface area (Å²) < 4.78 is 11.5. The van der Waals surface area contributed by atoms with Crippen molar-refractivity contribution in [1.82, 2.24) is 0 Å². The largest absolute Gasteiger partial charge is 0.380 e. The van der Waals surface area contributed by atoms with E-state index in [2.05, 4.69) is 0 Å². The van der Waals surface area contributed by atoms with Crippen LogP contribution in [0.2, 0.25) is 0 Å². The summed E-state index contributed by atoms with van der Waals surface area (Å²) in [5.41, 5.74) is 0.126. The van der Waals surface area contributed by atoms with Crippen LogP contribution in [0.1, 0.15) is 44.9 Å². The Bertz CT molecular complexity index is 294. The molecule has 1 aliphatic carbocycles. The van der Waals surface area contributed by atoms with Crippen LogP contribution in [0.15, 0.2) is 0 Å². The Hall–Kier alpha value is -0.410. The van der Waals surface area contributed by atoms with E-state index >= 15 is 0 Å². The molecular formula is C14H22O3. The lowest BCUT2D eigenvalue weighted by Crippen LogP contribution is -2.43. The maximum atomic E-state index is 12.0. The van der Waals surface area contributed by atoms with Crippen molar-refractivity contribution in [3.63, 3.8) is 0 Å². The zero-order valence-electron chi connectivity index (χ0n) is 10.5. The fourth-order valence-corrected chi connectivity index (χ4v) is 3.84. The minimum Gasteiger partial charge on any atom is -0.380 e. The SMILES string of the molecule is O=C1CCOCC1C1CCOC2(CCCC2)C1. The van der Waals surface area contributed by atoms with Crippen LogP contribution in [0.5, 0.6) is 0 Å². The summed E-state index contributed by atoms with van der Waals surface area (Å²) in [7, 11) is 0. The van der Waals surface area contributed by atoms with Crippen molar-refractivity contribution in [3.05, 3.63) is 0 Å². The molecular weight excluding hydrogens is 216 g/mol. The number of ketones is 1. The molecule has 0 bridgehead atoms. The molecule has 2 heterocycles. The minimum absolute atomic E-state index is 0.126. The Morgan fingerprint density at radius 3 is 2.76 bits per heavy atom.